The van der Waals surface area contributed by atoms with Gasteiger partial charge in [-0.15, -0.1) is 0 Å². The Kier molecular flexibility index (Phi) is 3.82. The summed E-state index contributed by atoms with van der Waals surface area (Å²) in [5.41, 5.74) is 1.11. The molecule has 0 aliphatic heterocycles. The number of carbonyl (C=O) groups is 2. The molecular formula is C21H14N2O3. The van der Waals surface area contributed by atoms with E-state index in [0.717, 1.165) is 4.68 Å². The van der Waals surface area contributed by atoms with E-state index in [0.29, 0.717) is 26.9 Å². The summed E-state index contributed by atoms with van der Waals surface area (Å²) in [5.74, 6) is -0.902. The maximum atomic E-state index is 13.0. The molecule has 0 spiro atoms. The van der Waals surface area contributed by atoms with Gasteiger partial charge in [0.05, 0.1) is 5.39 Å². The summed E-state index contributed by atoms with van der Waals surface area (Å²) in [6, 6.07) is 23.9. The number of fused-ring (bicyclic) bond motifs is 1. The Morgan fingerprint density at radius 2 is 1.27 bits per heavy atom. The number of rotatable bonds is 3. The fourth-order valence-corrected chi connectivity index (χ4v) is 2.99. The van der Waals surface area contributed by atoms with Gasteiger partial charge in [0.1, 0.15) is 5.52 Å². The lowest BCUT2D eigenvalue weighted by Crippen LogP contribution is -2.45. The minimum Gasteiger partial charge on any atom is -0.595 e. The van der Waals surface area contributed by atoms with Crippen molar-refractivity contribution < 1.29 is 14.4 Å². The maximum absolute atomic E-state index is 13.0. The van der Waals surface area contributed by atoms with Gasteiger partial charge in [-0.3, -0.25) is 9.59 Å². The second-order valence-electron chi connectivity index (χ2n) is 5.82. The highest BCUT2D eigenvalue weighted by Gasteiger charge is 2.31. The van der Waals surface area contributed by atoms with E-state index in [-0.39, 0.29) is 5.69 Å². The first-order valence-corrected chi connectivity index (χ1v) is 8.11. The Morgan fingerprint density at radius 1 is 0.731 bits per heavy atom. The fraction of sp³-hybridized carbons (Fsp3) is 0. The van der Waals surface area contributed by atoms with E-state index in [4.69, 9.17) is 0 Å². The van der Waals surface area contributed by atoms with Crippen LogP contribution in [0.1, 0.15) is 26.4 Å². The number of ketones is 1. The van der Waals surface area contributed by atoms with Crippen LogP contribution in [0.5, 0.6) is 0 Å². The van der Waals surface area contributed by atoms with Crippen LogP contribution in [0.25, 0.3) is 10.9 Å². The van der Waals surface area contributed by atoms with Gasteiger partial charge in [-0.2, -0.15) is 0 Å². The van der Waals surface area contributed by atoms with Crippen LogP contribution < -0.4 is 4.85 Å². The van der Waals surface area contributed by atoms with Gasteiger partial charge in [0, 0.05) is 11.1 Å². The zero-order valence-electron chi connectivity index (χ0n) is 13.7. The van der Waals surface area contributed by atoms with Gasteiger partial charge in [-0.05, 0) is 24.3 Å². The Hall–Kier alpha value is -3.73. The second-order valence-corrected chi connectivity index (χ2v) is 5.82. The minimum atomic E-state index is -0.482. The Labute approximate surface area is 149 Å². The van der Waals surface area contributed by atoms with Gasteiger partial charge in [0.2, 0.25) is 0 Å². The molecule has 5 nitrogen and oxygen atoms in total. The molecule has 0 aliphatic rings. The first kappa shape index (κ1) is 15.8. The predicted octanol–water partition coefficient (Wildman–Crippen LogP) is 3.19. The van der Waals surface area contributed by atoms with Crippen molar-refractivity contribution in [2.24, 2.45) is 0 Å². The van der Waals surface area contributed by atoms with Crippen LogP contribution >= 0.6 is 0 Å². The number of nitrogens with zero attached hydrogens (tertiary/aromatic N) is 2. The van der Waals surface area contributed by atoms with E-state index >= 15 is 0 Å². The van der Waals surface area contributed by atoms with Crippen LogP contribution in [-0.2, 0) is 0 Å². The van der Waals surface area contributed by atoms with Crippen molar-refractivity contribution in [1.29, 1.82) is 0 Å². The van der Waals surface area contributed by atoms with Crippen molar-refractivity contribution in [2.75, 3.05) is 0 Å². The first-order chi connectivity index (χ1) is 12.7. The van der Waals surface area contributed by atoms with Gasteiger partial charge in [-0.1, -0.05) is 70.2 Å². The molecule has 0 amide bonds. The van der Waals surface area contributed by atoms with Gasteiger partial charge in [0.15, 0.2) is 0 Å². The van der Waals surface area contributed by atoms with Crippen molar-refractivity contribution >= 4 is 22.6 Å². The lowest BCUT2D eigenvalue weighted by molar-refractivity contribution is -0.680. The molecule has 126 valence electrons. The maximum Gasteiger partial charge on any atom is 0.315 e. The van der Waals surface area contributed by atoms with Crippen molar-refractivity contribution in [1.82, 2.24) is 4.68 Å². The van der Waals surface area contributed by atoms with Gasteiger partial charge < -0.3 is 5.21 Å². The lowest BCUT2D eigenvalue weighted by Gasteiger charge is -2.04. The van der Waals surface area contributed by atoms with Crippen LogP contribution in [0.2, 0.25) is 0 Å². The third kappa shape index (κ3) is 2.46. The van der Waals surface area contributed by atoms with Gasteiger partial charge in [0.25, 0.3) is 11.5 Å². The van der Waals surface area contributed by atoms with E-state index in [2.05, 4.69) is 0 Å². The summed E-state index contributed by atoms with van der Waals surface area (Å²) in [6.45, 7) is 0. The molecule has 4 rings (SSSR count). The molecule has 26 heavy (non-hydrogen) atoms. The van der Waals surface area contributed by atoms with Crippen LogP contribution in [-0.4, -0.2) is 16.4 Å². The summed E-state index contributed by atoms with van der Waals surface area (Å²) in [7, 11) is 0. The molecular weight excluding hydrogens is 328 g/mol. The second kappa shape index (κ2) is 6.29. The van der Waals surface area contributed by atoms with Crippen molar-refractivity contribution in [3.05, 3.63) is 107 Å². The number of para-hydroxylation sites is 1. The third-order valence-corrected chi connectivity index (χ3v) is 4.22. The van der Waals surface area contributed by atoms with Gasteiger partial charge in [-0.25, -0.2) is 0 Å². The first-order valence-electron chi connectivity index (χ1n) is 8.11. The summed E-state index contributed by atoms with van der Waals surface area (Å²) >= 11 is 0. The smallest absolute Gasteiger partial charge is 0.315 e. The number of hydrogen-bond donors (Lipinski definition) is 0. The molecule has 0 bridgehead atoms. The highest BCUT2D eigenvalue weighted by Crippen LogP contribution is 2.21. The third-order valence-electron chi connectivity index (χ3n) is 4.22. The summed E-state index contributed by atoms with van der Waals surface area (Å²) < 4.78 is 1.00. The quantitative estimate of drug-likeness (QED) is 0.326. The molecule has 0 unspecified atom stereocenters. The van der Waals surface area contributed by atoms with E-state index in [1.165, 1.54) is 0 Å². The number of hydrogen-bond acceptors (Lipinski definition) is 3. The van der Waals surface area contributed by atoms with E-state index < -0.39 is 11.7 Å². The Balaban J connectivity index is 1.95. The fourth-order valence-electron chi connectivity index (χ4n) is 2.99. The molecule has 0 fully saturated rings. The molecule has 0 saturated heterocycles. The van der Waals surface area contributed by atoms with E-state index in [1.807, 2.05) is 0 Å². The number of carbonyl (C=O) groups excluding carboxylic acids is 2. The zero-order chi connectivity index (χ0) is 18.1. The number of aromatic nitrogens is 2. The van der Waals surface area contributed by atoms with E-state index in [1.54, 1.807) is 84.9 Å². The standard InChI is InChI=1S/C21H14N2O3/c24-20(15-9-3-1-4-10-15)19-17-13-7-8-14-18(17)22(23(19)26)21(25)16-11-5-2-6-12-16/h1-14H. The summed E-state index contributed by atoms with van der Waals surface area (Å²) in [6.07, 6.45) is 0. The zero-order valence-corrected chi connectivity index (χ0v) is 13.7. The SMILES string of the molecule is O=C(c1ccccc1)c1c2ccccc2n(C(=O)c2ccccc2)[n+]1[O-]. The monoisotopic (exact) mass is 342 g/mol. The predicted molar refractivity (Wildman–Crippen MR) is 96.9 cm³/mol. The minimum absolute atomic E-state index is 0.0592. The molecule has 0 aliphatic carbocycles. The highest BCUT2D eigenvalue weighted by atomic mass is 16.5. The Morgan fingerprint density at radius 3 is 1.92 bits per heavy atom. The van der Waals surface area contributed by atoms with Crippen molar-refractivity contribution in [3.8, 4) is 0 Å². The van der Waals surface area contributed by atoms with Crippen LogP contribution in [0.3, 0.4) is 0 Å². The average molecular weight is 342 g/mol. The van der Waals surface area contributed by atoms with Crippen LogP contribution in [0.4, 0.5) is 0 Å². The summed E-state index contributed by atoms with van der Waals surface area (Å²) in [5, 5.41) is 13.4. The Bertz CT molecular complexity index is 1030. The number of benzene rings is 3. The summed E-state index contributed by atoms with van der Waals surface area (Å²) in [4.78, 5) is 26.2. The lowest BCUT2D eigenvalue weighted by atomic mass is 10.1. The molecule has 0 radical (unpaired) electrons. The molecule has 3 aromatic carbocycles. The topological polar surface area (TPSA) is 66.0 Å². The molecule has 1 heterocycles. The van der Waals surface area contributed by atoms with Crippen molar-refractivity contribution in [2.45, 2.75) is 0 Å². The average Bonchev–Trinajstić information content (AvgIpc) is 3.00. The molecule has 1 aromatic heterocycles. The molecule has 5 heteroatoms. The van der Waals surface area contributed by atoms with Crippen LogP contribution in [0.15, 0.2) is 84.9 Å². The van der Waals surface area contributed by atoms with Crippen molar-refractivity contribution in [3.63, 3.8) is 0 Å². The molecule has 0 saturated carbocycles. The molecule has 4 aromatic rings. The van der Waals surface area contributed by atoms with Crippen LogP contribution in [0, 0.1) is 5.21 Å². The largest absolute Gasteiger partial charge is 0.595 e. The highest BCUT2D eigenvalue weighted by molar-refractivity contribution is 6.15. The molecule has 0 atom stereocenters. The molecule has 0 N–H and O–H groups in total. The normalized spacial score (nSPS) is 10.8. The van der Waals surface area contributed by atoms with Gasteiger partial charge >= 0.3 is 5.91 Å². The van der Waals surface area contributed by atoms with E-state index in [9.17, 15) is 14.8 Å².